The number of hydrogen-bond acceptors (Lipinski definition) is 4. The number of carbonyl (C=O) groups excluding carboxylic acids is 1. The van der Waals surface area contributed by atoms with Crippen LogP contribution in [0.2, 0.25) is 0 Å². The van der Waals surface area contributed by atoms with E-state index in [1.54, 1.807) is 18.5 Å². The number of nitrogens with one attached hydrogen (secondary N) is 1. The molecule has 15 heavy (non-hydrogen) atoms. The van der Waals surface area contributed by atoms with Crippen LogP contribution < -0.4 is 0 Å². The minimum Gasteiger partial charge on any atom is -0.464 e. The average molecular weight is 203 g/mol. The number of nitrogens with zero attached hydrogens (tertiary/aromatic N) is 2. The molecule has 76 valence electrons. The highest BCUT2D eigenvalue weighted by Gasteiger charge is 2.10. The Bertz CT molecular complexity index is 465. The zero-order valence-corrected chi connectivity index (χ0v) is 8.10. The molecule has 0 spiro atoms. The third kappa shape index (κ3) is 1.85. The predicted octanol–water partition coefficient (Wildman–Crippen LogP) is 1.26. The summed E-state index contributed by atoms with van der Waals surface area (Å²) >= 11 is 0. The molecule has 0 aromatic carbocycles. The van der Waals surface area contributed by atoms with E-state index >= 15 is 0 Å². The van der Waals surface area contributed by atoms with Crippen molar-refractivity contribution in [2.75, 3.05) is 7.11 Å². The molecule has 0 fully saturated rings. The summed E-state index contributed by atoms with van der Waals surface area (Å²) in [7, 11) is 1.33. The van der Waals surface area contributed by atoms with Crippen LogP contribution in [-0.2, 0) is 4.74 Å². The molecular formula is C10H9N3O2. The van der Waals surface area contributed by atoms with Crippen molar-refractivity contribution in [2.24, 2.45) is 0 Å². The van der Waals surface area contributed by atoms with Crippen LogP contribution in [0.15, 0.2) is 30.6 Å². The molecule has 0 unspecified atom stereocenters. The van der Waals surface area contributed by atoms with Gasteiger partial charge in [0.15, 0.2) is 0 Å². The second-order valence-electron chi connectivity index (χ2n) is 2.90. The fourth-order valence-corrected chi connectivity index (χ4v) is 1.20. The Morgan fingerprint density at radius 2 is 2.40 bits per heavy atom. The lowest BCUT2D eigenvalue weighted by molar-refractivity contribution is 0.0594. The van der Waals surface area contributed by atoms with Crippen molar-refractivity contribution in [3.63, 3.8) is 0 Å². The highest BCUT2D eigenvalue weighted by Crippen LogP contribution is 2.15. The molecule has 2 heterocycles. The smallest absolute Gasteiger partial charge is 0.356 e. The molecule has 0 atom stereocenters. The van der Waals surface area contributed by atoms with Crippen LogP contribution in [0, 0.1) is 0 Å². The van der Waals surface area contributed by atoms with Crippen molar-refractivity contribution in [3.05, 3.63) is 36.3 Å². The maximum Gasteiger partial charge on any atom is 0.356 e. The number of H-pyrrole nitrogens is 1. The first-order chi connectivity index (χ1) is 7.31. The van der Waals surface area contributed by atoms with Crippen LogP contribution in [0.4, 0.5) is 0 Å². The van der Waals surface area contributed by atoms with E-state index in [-0.39, 0.29) is 0 Å². The van der Waals surface area contributed by atoms with Crippen molar-refractivity contribution >= 4 is 5.97 Å². The van der Waals surface area contributed by atoms with Crippen molar-refractivity contribution < 1.29 is 9.53 Å². The van der Waals surface area contributed by atoms with Crippen LogP contribution >= 0.6 is 0 Å². The molecule has 0 saturated heterocycles. The summed E-state index contributed by atoms with van der Waals surface area (Å²) in [4.78, 5) is 15.1. The summed E-state index contributed by atoms with van der Waals surface area (Å²) in [5.41, 5.74) is 1.85. The highest BCUT2D eigenvalue weighted by molar-refractivity contribution is 5.88. The first-order valence-electron chi connectivity index (χ1n) is 4.35. The number of aromatic amines is 1. The molecule has 0 aliphatic rings. The van der Waals surface area contributed by atoms with Crippen LogP contribution in [-0.4, -0.2) is 28.3 Å². The SMILES string of the molecule is COC(=O)c1cc(-c2cccnc2)n[nH]1. The van der Waals surface area contributed by atoms with Gasteiger partial charge in [0.1, 0.15) is 5.69 Å². The van der Waals surface area contributed by atoms with Gasteiger partial charge in [-0.25, -0.2) is 4.79 Å². The van der Waals surface area contributed by atoms with E-state index in [1.165, 1.54) is 7.11 Å². The normalized spacial score (nSPS) is 9.93. The Balaban J connectivity index is 2.32. The van der Waals surface area contributed by atoms with E-state index in [4.69, 9.17) is 0 Å². The third-order valence-corrected chi connectivity index (χ3v) is 1.94. The molecule has 0 bridgehead atoms. The Labute approximate surface area is 86.1 Å². The summed E-state index contributed by atoms with van der Waals surface area (Å²) in [6.45, 7) is 0. The second-order valence-corrected chi connectivity index (χ2v) is 2.90. The Hall–Kier alpha value is -2.17. The number of aromatic nitrogens is 3. The summed E-state index contributed by atoms with van der Waals surface area (Å²) in [5, 5.41) is 6.59. The van der Waals surface area contributed by atoms with Gasteiger partial charge in [0.2, 0.25) is 0 Å². The van der Waals surface area contributed by atoms with Crippen molar-refractivity contribution in [2.45, 2.75) is 0 Å². The van der Waals surface area contributed by atoms with Crippen LogP contribution in [0.5, 0.6) is 0 Å². The lowest BCUT2D eigenvalue weighted by atomic mass is 10.2. The van der Waals surface area contributed by atoms with Gasteiger partial charge >= 0.3 is 5.97 Å². The minimum absolute atomic E-state index is 0.330. The topological polar surface area (TPSA) is 67.9 Å². The van der Waals surface area contributed by atoms with E-state index in [0.29, 0.717) is 11.4 Å². The first-order valence-corrected chi connectivity index (χ1v) is 4.35. The number of methoxy groups -OCH3 is 1. The summed E-state index contributed by atoms with van der Waals surface area (Å²) < 4.78 is 4.56. The van der Waals surface area contributed by atoms with Gasteiger partial charge in [-0.15, -0.1) is 0 Å². The Morgan fingerprint density at radius 3 is 3.07 bits per heavy atom. The van der Waals surface area contributed by atoms with Gasteiger partial charge in [-0.2, -0.15) is 5.10 Å². The quantitative estimate of drug-likeness (QED) is 0.746. The van der Waals surface area contributed by atoms with E-state index in [1.807, 2.05) is 12.1 Å². The molecule has 1 N–H and O–H groups in total. The Kier molecular flexibility index (Phi) is 2.45. The highest BCUT2D eigenvalue weighted by atomic mass is 16.5. The second kappa shape index (κ2) is 3.91. The average Bonchev–Trinajstić information content (AvgIpc) is 2.78. The molecule has 0 radical (unpaired) electrons. The third-order valence-electron chi connectivity index (χ3n) is 1.94. The largest absolute Gasteiger partial charge is 0.464 e. The van der Waals surface area contributed by atoms with Gasteiger partial charge in [0.05, 0.1) is 12.8 Å². The molecule has 0 aliphatic carbocycles. The van der Waals surface area contributed by atoms with Gasteiger partial charge in [-0.1, -0.05) is 0 Å². The zero-order chi connectivity index (χ0) is 10.7. The van der Waals surface area contributed by atoms with Crippen molar-refractivity contribution in [1.29, 1.82) is 0 Å². The molecule has 2 aromatic rings. The molecule has 0 saturated carbocycles. The zero-order valence-electron chi connectivity index (χ0n) is 8.10. The lowest BCUT2D eigenvalue weighted by Gasteiger charge is -1.92. The van der Waals surface area contributed by atoms with Crippen molar-refractivity contribution in [1.82, 2.24) is 15.2 Å². The maximum atomic E-state index is 11.1. The first kappa shape index (κ1) is 9.39. The molecule has 5 heteroatoms. The standard InChI is InChI=1S/C10H9N3O2/c1-15-10(14)9-5-8(12-13-9)7-3-2-4-11-6-7/h2-6H,1H3,(H,12,13). The molecule has 2 rings (SSSR count). The van der Waals surface area contributed by atoms with E-state index in [0.717, 1.165) is 5.56 Å². The monoisotopic (exact) mass is 203 g/mol. The molecule has 5 nitrogen and oxygen atoms in total. The van der Waals surface area contributed by atoms with Crippen LogP contribution in [0.25, 0.3) is 11.3 Å². The fraction of sp³-hybridized carbons (Fsp3) is 0.100. The summed E-state index contributed by atoms with van der Waals surface area (Å²) in [5.74, 6) is -0.433. The van der Waals surface area contributed by atoms with Gasteiger partial charge in [0.25, 0.3) is 0 Å². The molecule has 0 aliphatic heterocycles. The molecule has 0 amide bonds. The predicted molar refractivity (Wildman–Crippen MR) is 53.2 cm³/mol. The molecular weight excluding hydrogens is 194 g/mol. The Morgan fingerprint density at radius 1 is 1.53 bits per heavy atom. The van der Waals surface area contributed by atoms with Gasteiger partial charge in [0, 0.05) is 18.0 Å². The van der Waals surface area contributed by atoms with E-state index in [2.05, 4.69) is 19.9 Å². The summed E-state index contributed by atoms with van der Waals surface area (Å²) in [6, 6.07) is 5.30. The van der Waals surface area contributed by atoms with Crippen molar-refractivity contribution in [3.8, 4) is 11.3 Å². The van der Waals surface area contributed by atoms with Crippen LogP contribution in [0.3, 0.4) is 0 Å². The van der Waals surface area contributed by atoms with Gasteiger partial charge in [-0.3, -0.25) is 10.1 Å². The molecule has 2 aromatic heterocycles. The van der Waals surface area contributed by atoms with Gasteiger partial charge < -0.3 is 4.74 Å². The number of esters is 1. The van der Waals surface area contributed by atoms with Gasteiger partial charge in [-0.05, 0) is 18.2 Å². The van der Waals surface area contributed by atoms with Crippen LogP contribution in [0.1, 0.15) is 10.5 Å². The number of ether oxygens (including phenoxy) is 1. The summed E-state index contributed by atoms with van der Waals surface area (Å²) in [6.07, 6.45) is 3.36. The number of rotatable bonds is 2. The van der Waals surface area contributed by atoms with E-state index < -0.39 is 5.97 Å². The lowest BCUT2D eigenvalue weighted by Crippen LogP contribution is -2.00. The van der Waals surface area contributed by atoms with E-state index in [9.17, 15) is 4.79 Å². The number of carbonyl (C=O) groups is 1. The number of pyridine rings is 1. The minimum atomic E-state index is -0.433. The number of hydrogen-bond donors (Lipinski definition) is 1. The fourth-order valence-electron chi connectivity index (χ4n) is 1.20. The maximum absolute atomic E-state index is 11.1.